The summed E-state index contributed by atoms with van der Waals surface area (Å²) in [5, 5.41) is 4.66. The molecule has 0 saturated carbocycles. The van der Waals surface area contributed by atoms with Crippen LogP contribution in [0.2, 0.25) is 0 Å². The Kier molecular flexibility index (Phi) is 4.11. The van der Waals surface area contributed by atoms with Gasteiger partial charge in [-0.1, -0.05) is 18.1 Å². The number of carbonyl (C=O) groups excluding carboxylic acids is 1. The number of benzene rings is 1. The van der Waals surface area contributed by atoms with Gasteiger partial charge >= 0.3 is 0 Å². The molecule has 0 aliphatic carbocycles. The number of fused-ring (bicyclic) bond motifs is 1. The number of aryl methyl sites for hydroxylation is 1. The summed E-state index contributed by atoms with van der Waals surface area (Å²) in [6.45, 7) is 1.90. The third-order valence-corrected chi connectivity index (χ3v) is 4.17. The van der Waals surface area contributed by atoms with E-state index in [1.807, 2.05) is 31.2 Å². The lowest BCUT2D eigenvalue weighted by Crippen LogP contribution is -1.97. The number of aldehydes is 1. The van der Waals surface area contributed by atoms with Crippen LogP contribution in [-0.2, 0) is 0 Å². The molecule has 3 heterocycles. The van der Waals surface area contributed by atoms with Gasteiger partial charge in [0, 0.05) is 22.9 Å². The first-order chi connectivity index (χ1) is 13.1. The van der Waals surface area contributed by atoms with Crippen molar-refractivity contribution >= 4 is 17.8 Å². The van der Waals surface area contributed by atoms with Crippen molar-refractivity contribution in [2.45, 2.75) is 6.92 Å². The molecule has 0 aliphatic rings. The maximum atomic E-state index is 11.0. The van der Waals surface area contributed by atoms with Gasteiger partial charge in [0.05, 0.1) is 11.9 Å². The van der Waals surface area contributed by atoms with Gasteiger partial charge in [0.15, 0.2) is 5.65 Å². The van der Waals surface area contributed by atoms with Crippen LogP contribution in [0.15, 0.2) is 54.9 Å². The zero-order chi connectivity index (χ0) is 18.8. The lowest BCUT2D eigenvalue weighted by molar-refractivity contribution is 0.112. The van der Waals surface area contributed by atoms with Crippen molar-refractivity contribution in [3.05, 3.63) is 77.2 Å². The molecule has 27 heavy (non-hydrogen) atoms. The Bertz CT molecular complexity index is 1230. The number of nitrogen functional groups attached to an aromatic ring is 1. The SMILES string of the molecule is Cc1cc(-c2ccc3ncc(C#Cc4ccnc(N)c4)n3n2)ccc1C=O. The average molecular weight is 353 g/mol. The molecule has 0 atom stereocenters. The number of carbonyl (C=O) groups is 1. The summed E-state index contributed by atoms with van der Waals surface area (Å²) in [5.74, 6) is 6.56. The van der Waals surface area contributed by atoms with Gasteiger partial charge in [-0.3, -0.25) is 4.79 Å². The summed E-state index contributed by atoms with van der Waals surface area (Å²) < 4.78 is 1.70. The van der Waals surface area contributed by atoms with Crippen LogP contribution >= 0.6 is 0 Å². The molecule has 4 aromatic rings. The minimum Gasteiger partial charge on any atom is -0.384 e. The number of hydrogen-bond acceptors (Lipinski definition) is 5. The summed E-state index contributed by atoms with van der Waals surface area (Å²) in [6.07, 6.45) is 4.16. The van der Waals surface area contributed by atoms with Crippen molar-refractivity contribution in [2.24, 2.45) is 0 Å². The van der Waals surface area contributed by atoms with Crippen LogP contribution in [0.25, 0.3) is 16.9 Å². The quantitative estimate of drug-likeness (QED) is 0.442. The summed E-state index contributed by atoms with van der Waals surface area (Å²) in [6, 6.07) is 12.9. The van der Waals surface area contributed by atoms with Crippen molar-refractivity contribution in [2.75, 3.05) is 5.73 Å². The second-order valence-corrected chi connectivity index (χ2v) is 6.04. The highest BCUT2D eigenvalue weighted by atomic mass is 16.1. The Morgan fingerprint density at radius 2 is 1.96 bits per heavy atom. The van der Waals surface area contributed by atoms with E-state index in [9.17, 15) is 4.79 Å². The van der Waals surface area contributed by atoms with E-state index in [2.05, 4.69) is 26.9 Å². The number of anilines is 1. The van der Waals surface area contributed by atoms with Crippen LogP contribution in [0, 0.1) is 18.8 Å². The molecule has 0 bridgehead atoms. The molecular formula is C21H15N5O. The second-order valence-electron chi connectivity index (χ2n) is 6.04. The summed E-state index contributed by atoms with van der Waals surface area (Å²) in [7, 11) is 0. The molecular weight excluding hydrogens is 338 g/mol. The van der Waals surface area contributed by atoms with Crippen molar-refractivity contribution < 1.29 is 4.79 Å². The fraction of sp³-hybridized carbons (Fsp3) is 0.0476. The lowest BCUT2D eigenvalue weighted by Gasteiger charge is -2.05. The zero-order valence-corrected chi connectivity index (χ0v) is 14.5. The fourth-order valence-corrected chi connectivity index (χ4v) is 2.74. The minimum absolute atomic E-state index is 0.425. The van der Waals surface area contributed by atoms with E-state index >= 15 is 0 Å². The van der Waals surface area contributed by atoms with E-state index in [4.69, 9.17) is 5.73 Å². The molecule has 0 amide bonds. The van der Waals surface area contributed by atoms with E-state index < -0.39 is 0 Å². The Hall–Kier alpha value is -3.98. The largest absolute Gasteiger partial charge is 0.384 e. The maximum absolute atomic E-state index is 11.0. The third-order valence-electron chi connectivity index (χ3n) is 4.17. The van der Waals surface area contributed by atoms with E-state index in [1.54, 1.807) is 35.1 Å². The Morgan fingerprint density at radius 3 is 2.74 bits per heavy atom. The van der Waals surface area contributed by atoms with Crippen LogP contribution in [0.1, 0.15) is 27.2 Å². The van der Waals surface area contributed by atoms with Gasteiger partial charge in [-0.25, -0.2) is 14.5 Å². The molecule has 0 fully saturated rings. The van der Waals surface area contributed by atoms with Crippen LogP contribution < -0.4 is 5.73 Å². The van der Waals surface area contributed by atoms with Gasteiger partial charge in [0.2, 0.25) is 0 Å². The Balaban J connectivity index is 1.76. The monoisotopic (exact) mass is 353 g/mol. The van der Waals surface area contributed by atoms with Crippen LogP contribution in [0.4, 0.5) is 5.82 Å². The van der Waals surface area contributed by atoms with Crippen LogP contribution in [0.3, 0.4) is 0 Å². The first-order valence-corrected chi connectivity index (χ1v) is 8.28. The van der Waals surface area contributed by atoms with Gasteiger partial charge < -0.3 is 5.73 Å². The number of pyridine rings is 1. The summed E-state index contributed by atoms with van der Waals surface area (Å²) in [5.41, 5.74) is 11.1. The number of nitrogens with zero attached hydrogens (tertiary/aromatic N) is 4. The average Bonchev–Trinajstić information content (AvgIpc) is 3.08. The fourth-order valence-electron chi connectivity index (χ4n) is 2.74. The van der Waals surface area contributed by atoms with E-state index in [0.29, 0.717) is 22.7 Å². The van der Waals surface area contributed by atoms with Gasteiger partial charge in [0.1, 0.15) is 17.8 Å². The normalized spacial score (nSPS) is 10.4. The topological polar surface area (TPSA) is 86.2 Å². The van der Waals surface area contributed by atoms with Gasteiger partial charge in [0.25, 0.3) is 0 Å². The smallest absolute Gasteiger partial charge is 0.154 e. The maximum Gasteiger partial charge on any atom is 0.154 e. The molecule has 0 saturated heterocycles. The highest BCUT2D eigenvalue weighted by molar-refractivity contribution is 5.79. The summed E-state index contributed by atoms with van der Waals surface area (Å²) >= 11 is 0. The highest BCUT2D eigenvalue weighted by Crippen LogP contribution is 2.20. The van der Waals surface area contributed by atoms with Gasteiger partial charge in [-0.2, -0.15) is 5.10 Å². The second kappa shape index (κ2) is 6.73. The Morgan fingerprint density at radius 1 is 1.07 bits per heavy atom. The molecule has 6 nitrogen and oxygen atoms in total. The minimum atomic E-state index is 0.425. The molecule has 0 unspecified atom stereocenters. The van der Waals surface area contributed by atoms with E-state index in [-0.39, 0.29) is 0 Å². The number of nitrogens with two attached hydrogens (primary N) is 1. The first kappa shape index (κ1) is 16.5. The molecule has 130 valence electrons. The third kappa shape index (κ3) is 3.26. The van der Waals surface area contributed by atoms with Gasteiger partial charge in [-0.05, 0) is 48.7 Å². The molecule has 3 aromatic heterocycles. The van der Waals surface area contributed by atoms with Crippen molar-refractivity contribution in [1.82, 2.24) is 19.6 Å². The molecule has 4 rings (SSSR count). The highest BCUT2D eigenvalue weighted by Gasteiger charge is 2.07. The number of aromatic nitrogens is 4. The van der Waals surface area contributed by atoms with Crippen molar-refractivity contribution in [3.63, 3.8) is 0 Å². The molecule has 0 radical (unpaired) electrons. The zero-order valence-electron chi connectivity index (χ0n) is 14.5. The molecule has 0 aliphatic heterocycles. The number of hydrogen-bond donors (Lipinski definition) is 1. The van der Waals surface area contributed by atoms with Crippen molar-refractivity contribution in [3.8, 4) is 23.1 Å². The van der Waals surface area contributed by atoms with Crippen LogP contribution in [0.5, 0.6) is 0 Å². The molecule has 0 spiro atoms. The number of rotatable bonds is 2. The predicted molar refractivity (Wildman–Crippen MR) is 103 cm³/mol. The van der Waals surface area contributed by atoms with Gasteiger partial charge in [-0.15, -0.1) is 0 Å². The first-order valence-electron chi connectivity index (χ1n) is 8.28. The molecule has 1 aromatic carbocycles. The Labute approximate surface area is 155 Å². The lowest BCUT2D eigenvalue weighted by atomic mass is 10.0. The van der Waals surface area contributed by atoms with E-state index in [0.717, 1.165) is 28.7 Å². The van der Waals surface area contributed by atoms with E-state index in [1.165, 1.54) is 0 Å². The number of imidazole rings is 1. The predicted octanol–water partition coefficient (Wildman–Crippen LogP) is 2.89. The summed E-state index contributed by atoms with van der Waals surface area (Å²) in [4.78, 5) is 19.3. The molecule has 6 heteroatoms. The molecule has 2 N–H and O–H groups in total. The standard InChI is InChI=1S/C21H15N5O/c1-14-10-16(3-4-17(14)13-27)19-6-7-21-24-12-18(26(21)25-19)5-2-15-8-9-23-20(22)11-15/h3-4,6-13H,1H3,(H2,22,23). The van der Waals surface area contributed by atoms with Crippen LogP contribution in [-0.4, -0.2) is 25.9 Å². The van der Waals surface area contributed by atoms with Crippen molar-refractivity contribution in [1.29, 1.82) is 0 Å².